The predicted molar refractivity (Wildman–Crippen MR) is 145 cm³/mol. The van der Waals surface area contributed by atoms with Crippen molar-refractivity contribution in [2.45, 2.75) is 57.2 Å². The molecule has 4 rings (SSSR count). The molecule has 0 aromatic heterocycles. The summed E-state index contributed by atoms with van der Waals surface area (Å²) in [5.41, 5.74) is 2.00. The van der Waals surface area contributed by atoms with E-state index in [9.17, 15) is 19.2 Å². The number of esters is 1. The lowest BCUT2D eigenvalue weighted by Gasteiger charge is -2.28. The molecule has 0 aliphatic carbocycles. The monoisotopic (exact) mass is 556 g/mol. The van der Waals surface area contributed by atoms with Gasteiger partial charge in [0.2, 0.25) is 18.1 Å². The molecule has 2 aliphatic rings. The molecule has 11 heteroatoms. The highest BCUT2D eigenvalue weighted by Gasteiger charge is 2.41. The van der Waals surface area contributed by atoms with Crippen LogP contribution in [-0.2, 0) is 30.5 Å². The Hall–Kier alpha value is -3.63. The van der Waals surface area contributed by atoms with Crippen LogP contribution in [0.5, 0.6) is 0 Å². The number of halogens is 1. The van der Waals surface area contributed by atoms with Crippen LogP contribution < -0.4 is 15.5 Å². The van der Waals surface area contributed by atoms with Crippen LogP contribution in [0.3, 0.4) is 0 Å². The van der Waals surface area contributed by atoms with Gasteiger partial charge in [0.05, 0.1) is 23.7 Å². The SMILES string of the molecule is C[C@H](NC(=O)c1ccc(N(C)C)c(Cl)c1)C(=O)N1CCC[C@H]1C(=O)NC1CC(=O)OC1OCc1ccccc1. The Bertz CT molecular complexity index is 1220. The van der Waals surface area contributed by atoms with Gasteiger partial charge in [0.15, 0.2) is 0 Å². The summed E-state index contributed by atoms with van der Waals surface area (Å²) < 4.78 is 11.0. The van der Waals surface area contributed by atoms with E-state index < -0.39 is 36.3 Å². The van der Waals surface area contributed by atoms with Crippen molar-refractivity contribution in [3.8, 4) is 0 Å². The number of likely N-dealkylation sites (tertiary alicyclic amines) is 1. The van der Waals surface area contributed by atoms with Crippen LogP contribution in [0.4, 0.5) is 5.69 Å². The molecule has 2 aromatic carbocycles. The fraction of sp³-hybridized carbons (Fsp3) is 0.429. The van der Waals surface area contributed by atoms with Gasteiger partial charge in [0.1, 0.15) is 18.1 Å². The second-order valence-corrected chi connectivity index (χ2v) is 10.3. The van der Waals surface area contributed by atoms with Crippen molar-refractivity contribution in [3.63, 3.8) is 0 Å². The highest BCUT2D eigenvalue weighted by molar-refractivity contribution is 6.33. The van der Waals surface area contributed by atoms with E-state index in [-0.39, 0.29) is 24.8 Å². The van der Waals surface area contributed by atoms with Crippen molar-refractivity contribution < 1.29 is 28.7 Å². The average Bonchev–Trinajstić information content (AvgIpc) is 3.53. The van der Waals surface area contributed by atoms with Crippen molar-refractivity contribution in [1.82, 2.24) is 15.5 Å². The van der Waals surface area contributed by atoms with Crippen LogP contribution in [0.1, 0.15) is 42.1 Å². The van der Waals surface area contributed by atoms with E-state index in [1.165, 1.54) is 4.90 Å². The molecule has 2 N–H and O–H groups in total. The predicted octanol–water partition coefficient (Wildman–Crippen LogP) is 2.49. The zero-order chi connectivity index (χ0) is 28.1. The lowest BCUT2D eigenvalue weighted by Crippen LogP contribution is -2.54. The van der Waals surface area contributed by atoms with Crippen molar-refractivity contribution in [1.29, 1.82) is 0 Å². The normalized spacial score (nSPS) is 21.3. The summed E-state index contributed by atoms with van der Waals surface area (Å²) in [4.78, 5) is 54.5. The summed E-state index contributed by atoms with van der Waals surface area (Å²) in [5, 5.41) is 5.97. The van der Waals surface area contributed by atoms with Crippen LogP contribution in [0, 0.1) is 0 Å². The Kier molecular flexibility index (Phi) is 9.08. The van der Waals surface area contributed by atoms with Gasteiger partial charge in [-0.05, 0) is 43.5 Å². The summed E-state index contributed by atoms with van der Waals surface area (Å²) in [6.45, 7) is 2.19. The highest BCUT2D eigenvalue weighted by atomic mass is 35.5. The molecule has 2 fully saturated rings. The lowest BCUT2D eigenvalue weighted by atomic mass is 10.1. The van der Waals surface area contributed by atoms with Gasteiger partial charge in [-0.1, -0.05) is 41.9 Å². The molecule has 2 heterocycles. The zero-order valence-electron chi connectivity index (χ0n) is 22.2. The second-order valence-electron chi connectivity index (χ2n) is 9.92. The lowest BCUT2D eigenvalue weighted by molar-refractivity contribution is -0.168. The number of ether oxygens (including phenoxy) is 2. The number of nitrogens with zero attached hydrogens (tertiary/aromatic N) is 2. The van der Waals surface area contributed by atoms with Gasteiger partial charge in [-0.2, -0.15) is 0 Å². The molecule has 10 nitrogen and oxygen atoms in total. The van der Waals surface area contributed by atoms with Crippen LogP contribution in [0.25, 0.3) is 0 Å². The molecule has 3 amide bonds. The van der Waals surface area contributed by atoms with E-state index in [0.717, 1.165) is 11.3 Å². The van der Waals surface area contributed by atoms with Crippen LogP contribution in [0.2, 0.25) is 5.02 Å². The maximum atomic E-state index is 13.2. The summed E-state index contributed by atoms with van der Waals surface area (Å²) in [5.74, 6) is -1.66. The van der Waals surface area contributed by atoms with Gasteiger partial charge in [-0.15, -0.1) is 0 Å². The number of hydrogen-bond donors (Lipinski definition) is 2. The first-order chi connectivity index (χ1) is 18.6. The second kappa shape index (κ2) is 12.5. The number of hydrogen-bond acceptors (Lipinski definition) is 7. The quantitative estimate of drug-likeness (QED) is 0.456. The molecule has 208 valence electrons. The van der Waals surface area contributed by atoms with Crippen molar-refractivity contribution in [2.24, 2.45) is 0 Å². The molecule has 2 aromatic rings. The first kappa shape index (κ1) is 28.4. The van der Waals surface area contributed by atoms with Crippen LogP contribution in [0.15, 0.2) is 48.5 Å². The summed E-state index contributed by atoms with van der Waals surface area (Å²) >= 11 is 6.28. The van der Waals surface area contributed by atoms with Crippen LogP contribution >= 0.6 is 11.6 Å². The fourth-order valence-corrected chi connectivity index (χ4v) is 5.09. The largest absolute Gasteiger partial charge is 0.433 e. The highest BCUT2D eigenvalue weighted by Crippen LogP contribution is 2.26. The Labute approximate surface area is 232 Å². The number of rotatable bonds is 9. The first-order valence-corrected chi connectivity index (χ1v) is 13.3. The molecule has 0 saturated carbocycles. The van der Waals surface area contributed by atoms with Gasteiger partial charge in [0.25, 0.3) is 5.91 Å². The number of benzene rings is 2. The standard InChI is InChI=1S/C28H33ClN4O6/c1-17(30-25(35)19-11-12-22(32(2)3)20(29)14-19)27(37)33-13-7-10-23(33)26(36)31-21-15-24(34)39-28(21)38-16-18-8-5-4-6-9-18/h4-6,8-9,11-12,14,17,21,23,28H,7,10,13,15-16H2,1-3H3,(H,30,35)(H,31,36)/t17-,21?,23-,28?/m0/s1. The molecule has 2 unspecified atom stereocenters. The molecular weight excluding hydrogens is 524 g/mol. The smallest absolute Gasteiger partial charge is 0.310 e. The molecule has 2 saturated heterocycles. The number of carbonyl (C=O) groups excluding carboxylic acids is 4. The minimum atomic E-state index is -0.920. The summed E-state index contributed by atoms with van der Waals surface area (Å²) in [6, 6.07) is 12.1. The van der Waals surface area contributed by atoms with E-state index in [1.54, 1.807) is 25.1 Å². The molecule has 0 spiro atoms. The minimum absolute atomic E-state index is 0.0203. The van der Waals surface area contributed by atoms with Gasteiger partial charge < -0.3 is 29.9 Å². The van der Waals surface area contributed by atoms with E-state index >= 15 is 0 Å². The molecule has 0 radical (unpaired) electrons. The summed E-state index contributed by atoms with van der Waals surface area (Å²) in [7, 11) is 3.69. The van der Waals surface area contributed by atoms with Crippen molar-refractivity contribution in [3.05, 3.63) is 64.7 Å². The number of nitrogens with one attached hydrogen (secondary N) is 2. The number of cyclic esters (lactones) is 1. The Morgan fingerprint density at radius 2 is 1.92 bits per heavy atom. The third-order valence-electron chi connectivity index (χ3n) is 6.80. The third kappa shape index (κ3) is 6.88. The van der Waals surface area contributed by atoms with E-state index in [0.29, 0.717) is 30.0 Å². The van der Waals surface area contributed by atoms with E-state index in [2.05, 4.69) is 10.6 Å². The Morgan fingerprint density at radius 1 is 1.18 bits per heavy atom. The third-order valence-corrected chi connectivity index (χ3v) is 7.10. The summed E-state index contributed by atoms with van der Waals surface area (Å²) in [6.07, 6.45) is 0.168. The Balaban J connectivity index is 1.34. The van der Waals surface area contributed by atoms with Gasteiger partial charge in [0, 0.05) is 26.2 Å². The van der Waals surface area contributed by atoms with E-state index in [1.807, 2.05) is 49.3 Å². The number of anilines is 1. The minimum Gasteiger partial charge on any atom is -0.433 e. The van der Waals surface area contributed by atoms with Crippen molar-refractivity contribution >= 4 is 41.0 Å². The average molecular weight is 557 g/mol. The van der Waals surface area contributed by atoms with Crippen LogP contribution in [-0.4, -0.2) is 73.6 Å². The topological polar surface area (TPSA) is 117 Å². The van der Waals surface area contributed by atoms with Gasteiger partial charge in [-0.3, -0.25) is 19.2 Å². The number of amides is 3. The molecule has 2 aliphatic heterocycles. The first-order valence-electron chi connectivity index (χ1n) is 12.9. The maximum Gasteiger partial charge on any atom is 0.310 e. The maximum absolute atomic E-state index is 13.2. The molecule has 39 heavy (non-hydrogen) atoms. The molecule has 0 bridgehead atoms. The molecular formula is C28H33ClN4O6. The zero-order valence-corrected chi connectivity index (χ0v) is 22.9. The van der Waals surface area contributed by atoms with Crippen molar-refractivity contribution in [2.75, 3.05) is 25.5 Å². The number of carbonyl (C=O) groups is 4. The fourth-order valence-electron chi connectivity index (χ4n) is 4.74. The molecule has 4 atom stereocenters. The van der Waals surface area contributed by atoms with E-state index in [4.69, 9.17) is 21.1 Å². The van der Waals surface area contributed by atoms with Gasteiger partial charge in [-0.25, -0.2) is 0 Å². The Morgan fingerprint density at radius 3 is 2.62 bits per heavy atom. The van der Waals surface area contributed by atoms with Gasteiger partial charge >= 0.3 is 5.97 Å².